The van der Waals surface area contributed by atoms with E-state index in [-0.39, 0.29) is 5.91 Å². The number of rotatable bonds is 5. The molecule has 0 atom stereocenters. The number of amides is 1. The third-order valence-corrected chi connectivity index (χ3v) is 5.74. The van der Waals surface area contributed by atoms with E-state index in [2.05, 4.69) is 25.0 Å². The van der Waals surface area contributed by atoms with Crippen molar-refractivity contribution < 1.29 is 9.53 Å². The van der Waals surface area contributed by atoms with E-state index in [1.807, 2.05) is 18.2 Å². The predicted octanol–water partition coefficient (Wildman–Crippen LogP) is 2.93. The minimum atomic E-state index is -0.137. The van der Waals surface area contributed by atoms with Crippen molar-refractivity contribution in [2.75, 3.05) is 25.1 Å². The van der Waals surface area contributed by atoms with Gasteiger partial charge < -0.3 is 19.5 Å². The molecule has 3 heterocycles. The normalized spacial score (nSPS) is 17.0. The van der Waals surface area contributed by atoms with Gasteiger partial charge in [0, 0.05) is 31.7 Å². The zero-order chi connectivity index (χ0) is 19.3. The molecule has 1 aromatic heterocycles. The molecule has 2 aliphatic rings. The minimum absolute atomic E-state index is 0.137. The summed E-state index contributed by atoms with van der Waals surface area (Å²) in [6, 6.07) is 5.88. The van der Waals surface area contributed by atoms with E-state index in [0.717, 1.165) is 56.2 Å². The number of methoxy groups -OCH3 is 1. The molecule has 1 aromatic carbocycles. The number of hydrogen-bond donors (Lipinski definition) is 1. The predicted molar refractivity (Wildman–Crippen MR) is 108 cm³/mol. The lowest BCUT2D eigenvalue weighted by Crippen LogP contribution is -2.30. The van der Waals surface area contributed by atoms with Crippen LogP contribution in [-0.2, 0) is 19.5 Å². The van der Waals surface area contributed by atoms with Crippen molar-refractivity contribution in [3.8, 4) is 5.75 Å². The van der Waals surface area contributed by atoms with E-state index >= 15 is 0 Å². The van der Waals surface area contributed by atoms with Gasteiger partial charge in [-0.05, 0) is 50.3 Å². The highest BCUT2D eigenvalue weighted by molar-refractivity contribution is 5.97. The molecule has 7 heteroatoms. The Balaban J connectivity index is 1.49. The maximum atomic E-state index is 12.9. The van der Waals surface area contributed by atoms with Crippen molar-refractivity contribution in [1.29, 1.82) is 0 Å². The number of hydrogen-bond acceptors (Lipinski definition) is 5. The SMILES string of the molecule is COc1ccc(N2CCCCC2)cc1C(=O)NCc1nnc2n1CCCCC2. The van der Waals surface area contributed by atoms with Gasteiger partial charge in [0.15, 0.2) is 5.82 Å². The van der Waals surface area contributed by atoms with Gasteiger partial charge in [0.1, 0.15) is 11.6 Å². The van der Waals surface area contributed by atoms with Crippen molar-refractivity contribution in [3.63, 3.8) is 0 Å². The number of piperidine rings is 1. The van der Waals surface area contributed by atoms with Gasteiger partial charge in [0.2, 0.25) is 0 Å². The van der Waals surface area contributed by atoms with E-state index in [1.54, 1.807) is 7.11 Å². The number of benzene rings is 1. The lowest BCUT2D eigenvalue weighted by molar-refractivity contribution is 0.0946. The van der Waals surface area contributed by atoms with Crippen molar-refractivity contribution in [3.05, 3.63) is 35.4 Å². The van der Waals surface area contributed by atoms with Crippen LogP contribution in [-0.4, -0.2) is 40.9 Å². The van der Waals surface area contributed by atoms with E-state index in [4.69, 9.17) is 4.74 Å². The van der Waals surface area contributed by atoms with Gasteiger partial charge >= 0.3 is 0 Å². The molecule has 0 unspecified atom stereocenters. The second-order valence-corrected chi connectivity index (χ2v) is 7.61. The third-order valence-electron chi connectivity index (χ3n) is 5.74. The van der Waals surface area contributed by atoms with Crippen LogP contribution in [0.2, 0.25) is 0 Å². The smallest absolute Gasteiger partial charge is 0.255 e. The van der Waals surface area contributed by atoms with Crippen molar-refractivity contribution in [2.45, 2.75) is 58.0 Å². The number of carbonyl (C=O) groups excluding carboxylic acids is 1. The summed E-state index contributed by atoms with van der Waals surface area (Å²) in [5, 5.41) is 11.6. The monoisotopic (exact) mass is 383 g/mol. The highest BCUT2D eigenvalue weighted by atomic mass is 16.5. The molecule has 150 valence electrons. The molecule has 7 nitrogen and oxygen atoms in total. The van der Waals surface area contributed by atoms with Crippen LogP contribution in [0, 0.1) is 0 Å². The first-order valence-electron chi connectivity index (χ1n) is 10.4. The van der Waals surface area contributed by atoms with E-state index < -0.39 is 0 Å². The molecule has 2 aliphatic heterocycles. The molecule has 2 aromatic rings. The average Bonchev–Trinajstić information content (AvgIpc) is 2.98. The van der Waals surface area contributed by atoms with Crippen LogP contribution in [0.5, 0.6) is 5.75 Å². The minimum Gasteiger partial charge on any atom is -0.496 e. The quantitative estimate of drug-likeness (QED) is 0.859. The van der Waals surface area contributed by atoms with Crippen molar-refractivity contribution in [2.24, 2.45) is 0 Å². The molecule has 0 radical (unpaired) electrons. The number of ether oxygens (including phenoxy) is 1. The maximum absolute atomic E-state index is 12.9. The number of carbonyl (C=O) groups is 1. The van der Waals surface area contributed by atoms with Gasteiger partial charge in [-0.3, -0.25) is 4.79 Å². The summed E-state index contributed by atoms with van der Waals surface area (Å²) < 4.78 is 7.60. The summed E-state index contributed by atoms with van der Waals surface area (Å²) >= 11 is 0. The molecular weight excluding hydrogens is 354 g/mol. The summed E-state index contributed by atoms with van der Waals surface area (Å²) in [5.41, 5.74) is 1.66. The van der Waals surface area contributed by atoms with Gasteiger partial charge in [0.25, 0.3) is 5.91 Å². The molecular formula is C21H29N5O2. The number of nitrogens with zero attached hydrogens (tertiary/aromatic N) is 4. The summed E-state index contributed by atoms with van der Waals surface area (Å²) in [6.07, 6.45) is 8.16. The molecule has 28 heavy (non-hydrogen) atoms. The van der Waals surface area contributed by atoms with Crippen LogP contribution in [0.4, 0.5) is 5.69 Å². The summed E-state index contributed by atoms with van der Waals surface area (Å²) in [4.78, 5) is 15.3. The lowest BCUT2D eigenvalue weighted by atomic mass is 10.1. The van der Waals surface area contributed by atoms with Crippen LogP contribution >= 0.6 is 0 Å². The maximum Gasteiger partial charge on any atom is 0.255 e. The van der Waals surface area contributed by atoms with E-state index in [9.17, 15) is 4.79 Å². The number of anilines is 1. The second-order valence-electron chi connectivity index (χ2n) is 7.61. The van der Waals surface area contributed by atoms with Crippen LogP contribution < -0.4 is 15.0 Å². The molecule has 1 saturated heterocycles. The molecule has 4 rings (SSSR count). The first-order valence-corrected chi connectivity index (χ1v) is 10.4. The molecule has 0 saturated carbocycles. The third kappa shape index (κ3) is 3.98. The summed E-state index contributed by atoms with van der Waals surface area (Å²) in [6.45, 7) is 3.39. The van der Waals surface area contributed by atoms with E-state index in [1.165, 1.54) is 25.7 Å². The highest BCUT2D eigenvalue weighted by Gasteiger charge is 2.19. The Morgan fingerprint density at radius 3 is 2.68 bits per heavy atom. The molecule has 0 aliphatic carbocycles. The second kappa shape index (κ2) is 8.63. The lowest BCUT2D eigenvalue weighted by Gasteiger charge is -2.29. The Morgan fingerprint density at radius 2 is 1.86 bits per heavy atom. The molecule has 0 bridgehead atoms. The Kier molecular flexibility index (Phi) is 5.78. The van der Waals surface area contributed by atoms with E-state index in [0.29, 0.717) is 17.9 Å². The zero-order valence-electron chi connectivity index (χ0n) is 16.6. The molecule has 1 amide bonds. The molecule has 1 N–H and O–H groups in total. The fraction of sp³-hybridized carbons (Fsp3) is 0.571. The first-order chi connectivity index (χ1) is 13.8. The highest BCUT2D eigenvalue weighted by Crippen LogP contribution is 2.27. The van der Waals surface area contributed by atoms with Crippen molar-refractivity contribution >= 4 is 11.6 Å². The van der Waals surface area contributed by atoms with Crippen LogP contribution in [0.15, 0.2) is 18.2 Å². The Morgan fingerprint density at radius 1 is 1.07 bits per heavy atom. The van der Waals surface area contributed by atoms with Crippen LogP contribution in [0.1, 0.15) is 60.5 Å². The van der Waals surface area contributed by atoms with Crippen LogP contribution in [0.25, 0.3) is 0 Å². The Bertz CT molecular complexity index is 826. The summed E-state index contributed by atoms with van der Waals surface area (Å²) in [5.74, 6) is 2.32. The molecule has 0 spiro atoms. The van der Waals surface area contributed by atoms with Gasteiger partial charge in [0.05, 0.1) is 19.2 Å². The summed E-state index contributed by atoms with van der Waals surface area (Å²) in [7, 11) is 1.60. The largest absolute Gasteiger partial charge is 0.496 e. The van der Waals surface area contributed by atoms with Gasteiger partial charge in [-0.1, -0.05) is 6.42 Å². The van der Waals surface area contributed by atoms with Gasteiger partial charge in [-0.15, -0.1) is 10.2 Å². The number of fused-ring (bicyclic) bond motifs is 1. The standard InChI is InChI=1S/C21H29N5O2/c1-28-18-10-9-16(25-11-5-3-6-12-25)14-17(18)21(27)22-15-20-24-23-19-8-4-2-7-13-26(19)20/h9-10,14H,2-8,11-13,15H2,1H3,(H,22,27). The fourth-order valence-corrected chi connectivity index (χ4v) is 4.15. The number of nitrogens with one attached hydrogen (secondary N) is 1. The number of aromatic nitrogens is 3. The van der Waals surface area contributed by atoms with Crippen LogP contribution in [0.3, 0.4) is 0 Å². The topological polar surface area (TPSA) is 72.3 Å². The van der Waals surface area contributed by atoms with Gasteiger partial charge in [-0.25, -0.2) is 0 Å². The Labute approximate surface area is 166 Å². The first kappa shape index (κ1) is 18.8. The number of aryl methyl sites for hydroxylation is 1. The average molecular weight is 383 g/mol. The van der Waals surface area contributed by atoms with Crippen molar-refractivity contribution in [1.82, 2.24) is 20.1 Å². The Hall–Kier alpha value is -2.57. The fourth-order valence-electron chi connectivity index (χ4n) is 4.15. The zero-order valence-corrected chi connectivity index (χ0v) is 16.6. The molecule has 1 fully saturated rings. The van der Waals surface area contributed by atoms with Gasteiger partial charge in [-0.2, -0.15) is 0 Å².